The molecule has 0 aliphatic rings. The first kappa shape index (κ1) is 22.4. The van der Waals surface area contributed by atoms with E-state index in [2.05, 4.69) is 74.5 Å². The molecule has 0 saturated heterocycles. The average Bonchev–Trinajstić information content (AvgIpc) is 2.75. The van der Waals surface area contributed by atoms with Gasteiger partial charge in [-0.1, -0.05) is 107 Å². The quantitative estimate of drug-likeness (QED) is 0.306. The minimum atomic E-state index is 0.0473. The van der Waals surface area contributed by atoms with Crippen molar-refractivity contribution in [2.24, 2.45) is 0 Å². The smallest absolute Gasteiger partial charge is 0.132 e. The highest BCUT2D eigenvalue weighted by molar-refractivity contribution is 5.78. The fraction of sp³-hybridized carbons (Fsp3) is 0.519. The Bertz CT molecular complexity index is 620. The summed E-state index contributed by atoms with van der Waals surface area (Å²) < 4.78 is 0. The van der Waals surface area contributed by atoms with Crippen molar-refractivity contribution in [3.63, 3.8) is 0 Å². The van der Waals surface area contributed by atoms with Gasteiger partial charge in [0.25, 0.3) is 0 Å². The number of rotatable bonds is 14. The van der Waals surface area contributed by atoms with Crippen LogP contribution in [0.15, 0.2) is 60.7 Å². The van der Waals surface area contributed by atoms with Crippen LogP contribution in [0.25, 0.3) is 0 Å². The molecule has 0 N–H and O–H groups in total. The third kappa shape index (κ3) is 6.62. The van der Waals surface area contributed by atoms with Crippen LogP contribution in [0, 0.1) is 0 Å². The van der Waals surface area contributed by atoms with Gasteiger partial charge >= 0.3 is 0 Å². The number of unbranched alkanes of at least 4 members (excludes halogenated alkanes) is 5. The van der Waals surface area contributed by atoms with Crippen molar-refractivity contribution in [2.45, 2.75) is 89.9 Å². The number of hydrogen-bond donors (Lipinski definition) is 0. The third-order valence-corrected chi connectivity index (χ3v) is 6.12. The molecule has 2 rings (SSSR count). The Morgan fingerprint density at radius 1 is 0.679 bits per heavy atom. The maximum atomic E-state index is 12.2. The molecule has 0 heterocycles. The lowest BCUT2D eigenvalue weighted by molar-refractivity contribution is -0.119. The Morgan fingerprint density at radius 3 is 1.68 bits per heavy atom. The fourth-order valence-electron chi connectivity index (χ4n) is 4.35. The first-order valence-electron chi connectivity index (χ1n) is 11.4. The molecular weight excluding hydrogens is 340 g/mol. The molecule has 152 valence electrons. The second-order valence-corrected chi connectivity index (χ2v) is 8.08. The number of benzene rings is 2. The summed E-state index contributed by atoms with van der Waals surface area (Å²) >= 11 is 0. The van der Waals surface area contributed by atoms with Crippen LogP contribution in [0.5, 0.6) is 0 Å². The zero-order valence-electron chi connectivity index (χ0n) is 18.0. The Balaban J connectivity index is 1.91. The van der Waals surface area contributed by atoms with Crippen molar-refractivity contribution in [2.75, 3.05) is 0 Å². The van der Waals surface area contributed by atoms with E-state index in [9.17, 15) is 4.79 Å². The summed E-state index contributed by atoms with van der Waals surface area (Å²) in [7, 11) is 0. The molecule has 0 amide bonds. The fourth-order valence-corrected chi connectivity index (χ4v) is 4.35. The van der Waals surface area contributed by atoms with Crippen LogP contribution in [0.4, 0.5) is 0 Å². The molecule has 0 unspecified atom stereocenters. The highest BCUT2D eigenvalue weighted by atomic mass is 16.1. The lowest BCUT2D eigenvalue weighted by atomic mass is 9.69. The van der Waals surface area contributed by atoms with Crippen molar-refractivity contribution in [1.82, 2.24) is 0 Å². The summed E-state index contributed by atoms with van der Waals surface area (Å²) in [5.41, 5.74) is 2.84. The van der Waals surface area contributed by atoms with Crippen molar-refractivity contribution in [1.29, 1.82) is 0 Å². The molecule has 1 nitrogen and oxygen atoms in total. The maximum absolute atomic E-state index is 12.2. The van der Waals surface area contributed by atoms with Gasteiger partial charge in [0.05, 0.1) is 0 Å². The van der Waals surface area contributed by atoms with Crippen LogP contribution in [0.1, 0.15) is 95.6 Å². The molecule has 0 atom stereocenters. The Kier molecular flexibility index (Phi) is 10.0. The van der Waals surface area contributed by atoms with Gasteiger partial charge in [-0.3, -0.25) is 4.79 Å². The van der Waals surface area contributed by atoms with Gasteiger partial charge in [0.15, 0.2) is 0 Å². The summed E-state index contributed by atoms with van der Waals surface area (Å²) in [4.78, 5) is 12.2. The number of hydrogen-bond acceptors (Lipinski definition) is 1. The zero-order chi connectivity index (χ0) is 20.1. The highest BCUT2D eigenvalue weighted by Gasteiger charge is 2.31. The number of carbonyl (C=O) groups is 1. The van der Waals surface area contributed by atoms with Gasteiger partial charge in [-0.05, 0) is 36.8 Å². The van der Waals surface area contributed by atoms with Crippen LogP contribution in [-0.4, -0.2) is 5.78 Å². The molecule has 0 fully saturated rings. The first-order chi connectivity index (χ1) is 13.7. The first-order valence-corrected chi connectivity index (χ1v) is 11.4. The molecule has 28 heavy (non-hydrogen) atoms. The minimum Gasteiger partial charge on any atom is -0.300 e. The van der Waals surface area contributed by atoms with Crippen LogP contribution in [-0.2, 0) is 10.2 Å². The van der Waals surface area contributed by atoms with E-state index >= 15 is 0 Å². The zero-order valence-corrected chi connectivity index (χ0v) is 18.0. The van der Waals surface area contributed by atoms with Gasteiger partial charge in [-0.2, -0.15) is 0 Å². The summed E-state index contributed by atoms with van der Waals surface area (Å²) in [5, 5.41) is 0. The maximum Gasteiger partial charge on any atom is 0.132 e. The van der Waals surface area contributed by atoms with Crippen LogP contribution in [0.2, 0.25) is 0 Å². The Labute approximate surface area is 172 Å². The molecule has 0 radical (unpaired) electrons. The predicted molar refractivity (Wildman–Crippen MR) is 121 cm³/mol. The van der Waals surface area contributed by atoms with E-state index in [0.29, 0.717) is 5.78 Å². The van der Waals surface area contributed by atoms with Gasteiger partial charge in [0, 0.05) is 18.3 Å². The van der Waals surface area contributed by atoms with E-state index < -0.39 is 0 Å². The van der Waals surface area contributed by atoms with E-state index in [4.69, 9.17) is 0 Å². The second-order valence-electron chi connectivity index (χ2n) is 8.08. The largest absolute Gasteiger partial charge is 0.300 e. The molecule has 1 heteroatoms. The third-order valence-electron chi connectivity index (χ3n) is 6.12. The highest BCUT2D eigenvalue weighted by Crippen LogP contribution is 2.40. The molecule has 0 saturated carbocycles. The van der Waals surface area contributed by atoms with Gasteiger partial charge in [0.2, 0.25) is 0 Å². The molecule has 0 spiro atoms. The second kappa shape index (κ2) is 12.5. The molecule has 0 aliphatic heterocycles. The van der Waals surface area contributed by atoms with E-state index in [1.807, 2.05) is 0 Å². The standard InChI is InChI=1S/C27H38O/c1-3-5-6-7-14-21-26(28)22-15-16-23-27(4-2,24-17-10-8-11-18-24)25-19-12-9-13-20-25/h8-13,17-20H,3-7,14-16,21-23H2,1-2H3. The average molecular weight is 379 g/mol. The van der Waals surface area contributed by atoms with Crippen molar-refractivity contribution < 1.29 is 4.79 Å². The summed E-state index contributed by atoms with van der Waals surface area (Å²) in [6.45, 7) is 4.52. The summed E-state index contributed by atoms with van der Waals surface area (Å²) in [5.74, 6) is 0.456. The van der Waals surface area contributed by atoms with E-state index in [-0.39, 0.29) is 5.41 Å². The molecule has 0 bridgehead atoms. The van der Waals surface area contributed by atoms with Crippen molar-refractivity contribution in [3.8, 4) is 0 Å². The molecule has 2 aromatic rings. The number of Topliss-reactive ketones (excluding diaryl/α,β-unsaturated/α-hetero) is 1. The monoisotopic (exact) mass is 378 g/mol. The van der Waals surface area contributed by atoms with Crippen molar-refractivity contribution >= 4 is 5.78 Å². The normalized spacial score (nSPS) is 11.5. The van der Waals surface area contributed by atoms with Gasteiger partial charge in [-0.25, -0.2) is 0 Å². The lowest BCUT2D eigenvalue weighted by Crippen LogP contribution is -2.27. The van der Waals surface area contributed by atoms with Gasteiger partial charge < -0.3 is 0 Å². The molecule has 0 aromatic heterocycles. The number of carbonyl (C=O) groups excluding carboxylic acids is 1. The number of ketones is 1. The Morgan fingerprint density at radius 2 is 1.18 bits per heavy atom. The topological polar surface area (TPSA) is 17.1 Å². The van der Waals surface area contributed by atoms with E-state index in [1.165, 1.54) is 36.8 Å². The van der Waals surface area contributed by atoms with Crippen molar-refractivity contribution in [3.05, 3.63) is 71.8 Å². The lowest BCUT2D eigenvalue weighted by Gasteiger charge is -2.34. The van der Waals surface area contributed by atoms with E-state index in [0.717, 1.165) is 44.9 Å². The minimum absolute atomic E-state index is 0.0473. The molecular formula is C27H38O. The van der Waals surface area contributed by atoms with Crippen LogP contribution >= 0.6 is 0 Å². The SMILES string of the molecule is CCCCCCCC(=O)CCCCC(CC)(c1ccccc1)c1ccccc1. The molecule has 2 aromatic carbocycles. The summed E-state index contributed by atoms with van der Waals surface area (Å²) in [6.07, 6.45) is 11.9. The van der Waals surface area contributed by atoms with Crippen LogP contribution in [0.3, 0.4) is 0 Å². The van der Waals surface area contributed by atoms with Gasteiger partial charge in [-0.15, -0.1) is 0 Å². The predicted octanol–water partition coefficient (Wildman–Crippen LogP) is 7.87. The summed E-state index contributed by atoms with van der Waals surface area (Å²) in [6, 6.07) is 21.8. The van der Waals surface area contributed by atoms with Crippen LogP contribution < -0.4 is 0 Å². The van der Waals surface area contributed by atoms with Gasteiger partial charge in [0.1, 0.15) is 5.78 Å². The van der Waals surface area contributed by atoms with E-state index in [1.54, 1.807) is 0 Å². The Hall–Kier alpha value is -1.89. The molecule has 0 aliphatic carbocycles.